The number of amides is 2. The number of carbonyl (C=O) groups excluding carboxylic acids is 2. The van der Waals surface area contributed by atoms with Gasteiger partial charge in [-0.25, -0.2) is 4.98 Å². The van der Waals surface area contributed by atoms with E-state index in [1.165, 1.54) is 12.8 Å². The van der Waals surface area contributed by atoms with Gasteiger partial charge in [0.05, 0.1) is 0 Å². The van der Waals surface area contributed by atoms with Crippen molar-refractivity contribution in [2.75, 3.05) is 24.5 Å². The van der Waals surface area contributed by atoms with Crippen LogP contribution in [-0.2, 0) is 11.3 Å². The van der Waals surface area contributed by atoms with Crippen LogP contribution >= 0.6 is 11.6 Å². The summed E-state index contributed by atoms with van der Waals surface area (Å²) in [6, 6.07) is 10.7. The normalized spacial score (nSPS) is 13.4. The maximum absolute atomic E-state index is 12.0. The van der Waals surface area contributed by atoms with Crippen molar-refractivity contribution in [3.63, 3.8) is 0 Å². The Balaban J connectivity index is 1.35. The van der Waals surface area contributed by atoms with Crippen LogP contribution in [0.15, 0.2) is 42.6 Å². The number of nitrogens with one attached hydrogen (secondary N) is 2. The van der Waals surface area contributed by atoms with Gasteiger partial charge in [0.2, 0.25) is 5.91 Å². The zero-order chi connectivity index (χ0) is 19.8. The zero-order valence-corrected chi connectivity index (χ0v) is 16.5. The molecule has 0 bridgehead atoms. The molecule has 1 fully saturated rings. The van der Waals surface area contributed by atoms with Crippen molar-refractivity contribution in [3.8, 4) is 0 Å². The van der Waals surface area contributed by atoms with Gasteiger partial charge in [-0.2, -0.15) is 0 Å². The molecule has 2 heterocycles. The van der Waals surface area contributed by atoms with Crippen molar-refractivity contribution in [1.82, 2.24) is 15.6 Å². The Morgan fingerprint density at radius 3 is 2.57 bits per heavy atom. The number of hydrogen-bond acceptors (Lipinski definition) is 4. The first-order chi connectivity index (χ1) is 13.6. The van der Waals surface area contributed by atoms with Gasteiger partial charge in [-0.3, -0.25) is 9.59 Å². The van der Waals surface area contributed by atoms with E-state index in [1.54, 1.807) is 30.5 Å². The number of anilines is 1. The molecule has 0 aliphatic carbocycles. The fourth-order valence-electron chi connectivity index (χ4n) is 3.13. The molecule has 0 spiro atoms. The average molecular weight is 401 g/mol. The first-order valence-corrected chi connectivity index (χ1v) is 10.00. The number of nitrogens with zero attached hydrogens (tertiary/aromatic N) is 2. The molecule has 2 aromatic rings. The Morgan fingerprint density at radius 2 is 1.82 bits per heavy atom. The van der Waals surface area contributed by atoms with E-state index in [0.29, 0.717) is 36.5 Å². The van der Waals surface area contributed by atoms with Crippen LogP contribution in [0.3, 0.4) is 0 Å². The SMILES string of the molecule is O=C(CCCNC(=O)c1ccc(Cl)cc1)NCc1ccnc(N2CCCC2)c1. The molecule has 2 amide bonds. The first kappa shape index (κ1) is 20.1. The van der Waals surface area contributed by atoms with Gasteiger partial charge in [-0.05, 0) is 61.2 Å². The lowest BCUT2D eigenvalue weighted by atomic mass is 10.2. The number of rotatable bonds is 8. The average Bonchev–Trinajstić information content (AvgIpc) is 3.25. The Hall–Kier alpha value is -2.60. The van der Waals surface area contributed by atoms with Gasteiger partial charge < -0.3 is 15.5 Å². The van der Waals surface area contributed by atoms with Crippen LogP contribution < -0.4 is 15.5 Å². The van der Waals surface area contributed by atoms with Crippen LogP contribution in [0.25, 0.3) is 0 Å². The molecule has 2 N–H and O–H groups in total. The number of pyridine rings is 1. The molecule has 1 aromatic carbocycles. The summed E-state index contributed by atoms with van der Waals surface area (Å²) in [5.41, 5.74) is 1.60. The van der Waals surface area contributed by atoms with Crippen LogP contribution in [0.4, 0.5) is 5.82 Å². The predicted octanol–water partition coefficient (Wildman–Crippen LogP) is 3.16. The quantitative estimate of drug-likeness (QED) is 0.667. The van der Waals surface area contributed by atoms with Crippen LogP contribution in [-0.4, -0.2) is 36.4 Å². The summed E-state index contributed by atoms with van der Waals surface area (Å²) in [5.74, 6) is 0.790. The summed E-state index contributed by atoms with van der Waals surface area (Å²) in [5, 5.41) is 6.33. The third-order valence-electron chi connectivity index (χ3n) is 4.70. The molecule has 6 nitrogen and oxygen atoms in total. The van der Waals surface area contributed by atoms with Gasteiger partial charge in [0, 0.05) is 49.4 Å². The molecule has 148 valence electrons. The third kappa shape index (κ3) is 5.96. The summed E-state index contributed by atoms with van der Waals surface area (Å²) < 4.78 is 0. The van der Waals surface area contributed by atoms with Gasteiger partial charge in [-0.15, -0.1) is 0 Å². The third-order valence-corrected chi connectivity index (χ3v) is 4.95. The minimum absolute atomic E-state index is 0.0275. The number of halogens is 1. The van der Waals surface area contributed by atoms with Crippen molar-refractivity contribution < 1.29 is 9.59 Å². The van der Waals surface area contributed by atoms with Gasteiger partial charge in [0.15, 0.2) is 0 Å². The molecule has 0 unspecified atom stereocenters. The van der Waals surface area contributed by atoms with Crippen molar-refractivity contribution >= 4 is 29.2 Å². The Kier molecular flexibility index (Phi) is 7.25. The molecule has 1 aliphatic heterocycles. The predicted molar refractivity (Wildman–Crippen MR) is 111 cm³/mol. The fraction of sp³-hybridized carbons (Fsp3) is 0.381. The van der Waals surface area contributed by atoms with Crippen LogP contribution in [0.5, 0.6) is 0 Å². The van der Waals surface area contributed by atoms with E-state index >= 15 is 0 Å². The van der Waals surface area contributed by atoms with Crippen LogP contribution in [0, 0.1) is 0 Å². The molecule has 1 aliphatic rings. The second-order valence-corrected chi connectivity index (χ2v) is 7.30. The monoisotopic (exact) mass is 400 g/mol. The van der Waals surface area contributed by atoms with E-state index in [0.717, 1.165) is 24.5 Å². The smallest absolute Gasteiger partial charge is 0.251 e. The summed E-state index contributed by atoms with van der Waals surface area (Å²) in [6.45, 7) is 3.03. The minimum Gasteiger partial charge on any atom is -0.357 e. The molecule has 1 saturated heterocycles. The molecule has 0 saturated carbocycles. The highest BCUT2D eigenvalue weighted by Crippen LogP contribution is 2.18. The second-order valence-electron chi connectivity index (χ2n) is 6.86. The number of hydrogen-bond donors (Lipinski definition) is 2. The molecule has 28 heavy (non-hydrogen) atoms. The minimum atomic E-state index is -0.164. The maximum Gasteiger partial charge on any atom is 0.251 e. The topological polar surface area (TPSA) is 74.3 Å². The lowest BCUT2D eigenvalue weighted by Crippen LogP contribution is -2.27. The van der Waals surface area contributed by atoms with Crippen molar-refractivity contribution in [2.24, 2.45) is 0 Å². The Bertz CT molecular complexity index is 804. The van der Waals surface area contributed by atoms with E-state index in [-0.39, 0.29) is 11.8 Å². The number of aromatic nitrogens is 1. The molecule has 7 heteroatoms. The Labute approximate surface area is 170 Å². The summed E-state index contributed by atoms with van der Waals surface area (Å²) >= 11 is 5.81. The lowest BCUT2D eigenvalue weighted by molar-refractivity contribution is -0.121. The van der Waals surface area contributed by atoms with Crippen LogP contribution in [0.1, 0.15) is 41.6 Å². The standard InChI is InChI=1S/C21H25ClN4O2/c22-18-7-5-17(6-8-18)21(28)24-10-3-4-20(27)25-15-16-9-11-23-19(14-16)26-12-1-2-13-26/h5-9,11,14H,1-4,10,12-13,15H2,(H,24,28)(H,25,27). The molecular formula is C21H25ClN4O2. The fourth-order valence-corrected chi connectivity index (χ4v) is 3.26. The molecule has 1 aromatic heterocycles. The molecule has 3 rings (SSSR count). The van der Waals surface area contributed by atoms with Crippen LogP contribution in [0.2, 0.25) is 5.02 Å². The van der Waals surface area contributed by atoms with Crippen molar-refractivity contribution in [3.05, 3.63) is 58.7 Å². The van der Waals surface area contributed by atoms with Gasteiger partial charge in [-0.1, -0.05) is 11.6 Å². The summed E-state index contributed by atoms with van der Waals surface area (Å²) in [7, 11) is 0. The van der Waals surface area contributed by atoms with Gasteiger partial charge >= 0.3 is 0 Å². The van der Waals surface area contributed by atoms with Gasteiger partial charge in [0.1, 0.15) is 5.82 Å². The molecule has 0 atom stereocenters. The maximum atomic E-state index is 12.0. The number of benzene rings is 1. The zero-order valence-electron chi connectivity index (χ0n) is 15.8. The lowest BCUT2D eigenvalue weighted by Gasteiger charge is -2.17. The first-order valence-electron chi connectivity index (χ1n) is 9.62. The van der Waals surface area contributed by atoms with Gasteiger partial charge in [0.25, 0.3) is 5.91 Å². The van der Waals surface area contributed by atoms with Crippen molar-refractivity contribution in [2.45, 2.75) is 32.2 Å². The highest BCUT2D eigenvalue weighted by Gasteiger charge is 2.13. The number of carbonyl (C=O) groups is 2. The summed E-state index contributed by atoms with van der Waals surface area (Å²) in [4.78, 5) is 30.7. The highest BCUT2D eigenvalue weighted by atomic mass is 35.5. The Morgan fingerprint density at radius 1 is 1.07 bits per heavy atom. The van der Waals surface area contributed by atoms with E-state index in [1.807, 2.05) is 12.1 Å². The second kappa shape index (κ2) is 10.1. The molecular weight excluding hydrogens is 376 g/mol. The highest BCUT2D eigenvalue weighted by molar-refractivity contribution is 6.30. The largest absolute Gasteiger partial charge is 0.357 e. The van der Waals surface area contributed by atoms with E-state index in [9.17, 15) is 9.59 Å². The van der Waals surface area contributed by atoms with Crippen molar-refractivity contribution in [1.29, 1.82) is 0 Å². The summed E-state index contributed by atoms with van der Waals surface area (Å²) in [6.07, 6.45) is 5.15. The molecule has 0 radical (unpaired) electrons. The van der Waals surface area contributed by atoms with E-state index in [2.05, 4.69) is 20.5 Å². The van der Waals surface area contributed by atoms with E-state index in [4.69, 9.17) is 11.6 Å². The van der Waals surface area contributed by atoms with E-state index < -0.39 is 0 Å².